The number of aromatic nitrogens is 2. The Kier molecular flexibility index (Phi) is 6.50. The van der Waals surface area contributed by atoms with Gasteiger partial charge < -0.3 is 4.74 Å². The van der Waals surface area contributed by atoms with Gasteiger partial charge in [0.2, 0.25) is 0 Å². The number of amides is 1. The first-order valence-corrected chi connectivity index (χ1v) is 14.1. The molecule has 2 aromatic carbocycles. The van der Waals surface area contributed by atoms with Crippen molar-refractivity contribution in [3.63, 3.8) is 0 Å². The molecule has 0 unspecified atom stereocenters. The van der Waals surface area contributed by atoms with Gasteiger partial charge >= 0.3 is 0 Å². The number of carbonyl (C=O) groups excluding carboxylic acids is 1. The molecule has 0 bridgehead atoms. The fourth-order valence-electron chi connectivity index (χ4n) is 4.33. The highest BCUT2D eigenvalue weighted by molar-refractivity contribution is 8.26. The SMILES string of the molecule is Cc1cc(-c2nn(-c3ccccc3)cc2/C=C2\SC(=S)N(CCS(=O)(=O)O)C2=O)cc2c1O[C@@H](C)C2. The Morgan fingerprint density at radius 3 is 2.75 bits per heavy atom. The highest BCUT2D eigenvalue weighted by Gasteiger charge is 2.33. The normalized spacial score (nSPS) is 18.7. The van der Waals surface area contributed by atoms with Crippen LogP contribution in [0.2, 0.25) is 0 Å². The van der Waals surface area contributed by atoms with Crippen molar-refractivity contribution in [1.29, 1.82) is 0 Å². The van der Waals surface area contributed by atoms with E-state index in [9.17, 15) is 13.2 Å². The van der Waals surface area contributed by atoms with Gasteiger partial charge in [-0.05, 0) is 55.3 Å². The Bertz CT molecular complexity index is 1510. The van der Waals surface area contributed by atoms with Gasteiger partial charge in [-0.2, -0.15) is 13.5 Å². The molecule has 0 spiro atoms. The first-order valence-electron chi connectivity index (χ1n) is 11.3. The monoisotopic (exact) mass is 541 g/mol. The second kappa shape index (κ2) is 9.47. The molecule has 0 saturated carbocycles. The molecular formula is C25H23N3O5S3. The highest BCUT2D eigenvalue weighted by atomic mass is 32.2. The lowest BCUT2D eigenvalue weighted by Crippen LogP contribution is -2.32. The molecule has 1 aromatic heterocycles. The van der Waals surface area contributed by atoms with E-state index in [1.807, 2.05) is 56.4 Å². The zero-order valence-electron chi connectivity index (χ0n) is 19.5. The molecule has 0 radical (unpaired) electrons. The Hall–Kier alpha value is -2.99. The molecule has 186 valence electrons. The zero-order valence-corrected chi connectivity index (χ0v) is 22.0. The lowest BCUT2D eigenvalue weighted by molar-refractivity contribution is -0.121. The smallest absolute Gasteiger partial charge is 0.266 e. The van der Waals surface area contributed by atoms with E-state index >= 15 is 0 Å². The van der Waals surface area contributed by atoms with Gasteiger partial charge in [0.15, 0.2) is 0 Å². The van der Waals surface area contributed by atoms with Gasteiger partial charge in [0.1, 0.15) is 21.9 Å². The molecule has 3 aromatic rings. The Balaban J connectivity index is 1.57. The van der Waals surface area contributed by atoms with E-state index in [0.717, 1.165) is 51.9 Å². The van der Waals surface area contributed by atoms with Crippen LogP contribution in [0.4, 0.5) is 0 Å². The summed E-state index contributed by atoms with van der Waals surface area (Å²) in [7, 11) is -4.22. The Morgan fingerprint density at radius 1 is 1.28 bits per heavy atom. The lowest BCUT2D eigenvalue weighted by Gasteiger charge is -2.12. The van der Waals surface area contributed by atoms with E-state index in [0.29, 0.717) is 10.6 Å². The van der Waals surface area contributed by atoms with Crippen LogP contribution in [0.15, 0.2) is 53.6 Å². The Morgan fingerprint density at radius 2 is 2.03 bits per heavy atom. The number of para-hydroxylation sites is 1. The Labute approximate surface area is 218 Å². The summed E-state index contributed by atoms with van der Waals surface area (Å²) in [4.78, 5) is 14.6. The number of rotatable bonds is 6. The third-order valence-corrected chi connectivity index (χ3v) is 8.02. The molecule has 0 aliphatic carbocycles. The summed E-state index contributed by atoms with van der Waals surface area (Å²) in [5, 5.41) is 4.86. The minimum atomic E-state index is -4.22. The number of hydrogen-bond donors (Lipinski definition) is 1. The van der Waals surface area contributed by atoms with Crippen molar-refractivity contribution in [2.75, 3.05) is 12.3 Å². The topological polar surface area (TPSA) is 102 Å². The number of fused-ring (bicyclic) bond motifs is 1. The summed E-state index contributed by atoms with van der Waals surface area (Å²) in [6.07, 6.45) is 4.51. The molecule has 3 heterocycles. The largest absolute Gasteiger partial charge is 0.490 e. The van der Waals surface area contributed by atoms with Crippen molar-refractivity contribution in [2.24, 2.45) is 0 Å². The van der Waals surface area contributed by atoms with Gasteiger partial charge in [-0.3, -0.25) is 14.2 Å². The summed E-state index contributed by atoms with van der Waals surface area (Å²) in [6.45, 7) is 3.84. The van der Waals surface area contributed by atoms with Gasteiger partial charge in [0.05, 0.1) is 16.3 Å². The van der Waals surface area contributed by atoms with E-state index < -0.39 is 21.8 Å². The van der Waals surface area contributed by atoms with Gasteiger partial charge in [-0.15, -0.1) is 0 Å². The maximum absolute atomic E-state index is 13.0. The summed E-state index contributed by atoms with van der Waals surface area (Å²) >= 11 is 6.40. The summed E-state index contributed by atoms with van der Waals surface area (Å²) < 4.78 is 39.4. The minimum Gasteiger partial charge on any atom is -0.490 e. The van der Waals surface area contributed by atoms with Crippen LogP contribution >= 0.6 is 24.0 Å². The number of nitrogens with zero attached hydrogens (tertiary/aromatic N) is 3. The molecular weight excluding hydrogens is 518 g/mol. The summed E-state index contributed by atoms with van der Waals surface area (Å²) in [5.41, 5.74) is 5.34. The maximum atomic E-state index is 13.0. The molecule has 11 heteroatoms. The third kappa shape index (κ3) is 4.96. The van der Waals surface area contributed by atoms with Gasteiger partial charge in [0, 0.05) is 30.3 Å². The summed E-state index contributed by atoms with van der Waals surface area (Å²) in [6, 6.07) is 13.8. The van der Waals surface area contributed by atoms with E-state index in [-0.39, 0.29) is 17.0 Å². The standard InChI is InChI=1S/C25H23N3O5S3/c1-15-10-17(12-18-11-16(2)33-23(15)18)22-19(14-28(26-22)20-6-4-3-5-7-20)13-21-24(29)27(25(34)35-21)8-9-36(30,31)32/h3-7,10,12-14,16H,8-9,11H2,1-2H3,(H,30,31,32)/b21-13-/t16-/m0/s1. The molecule has 1 saturated heterocycles. The van der Waals surface area contributed by atoms with Crippen LogP contribution in [0.3, 0.4) is 0 Å². The number of carbonyl (C=O) groups is 1. The first-order chi connectivity index (χ1) is 17.1. The van der Waals surface area contributed by atoms with Crippen molar-refractivity contribution in [3.8, 4) is 22.7 Å². The van der Waals surface area contributed by atoms with Crippen LogP contribution < -0.4 is 4.74 Å². The van der Waals surface area contributed by atoms with Crippen molar-refractivity contribution in [3.05, 3.63) is 70.3 Å². The molecule has 36 heavy (non-hydrogen) atoms. The van der Waals surface area contributed by atoms with Crippen LogP contribution in [0.5, 0.6) is 5.75 Å². The number of benzene rings is 2. The molecule has 1 N–H and O–H groups in total. The second-order valence-corrected chi connectivity index (χ2v) is 12.0. The lowest BCUT2D eigenvalue weighted by atomic mass is 9.99. The molecule has 8 nitrogen and oxygen atoms in total. The minimum absolute atomic E-state index is 0.111. The second-order valence-electron chi connectivity index (χ2n) is 8.75. The average molecular weight is 542 g/mol. The van der Waals surface area contributed by atoms with Crippen molar-refractivity contribution >= 4 is 50.4 Å². The molecule has 5 rings (SSSR count). The average Bonchev–Trinajstić information content (AvgIpc) is 3.48. The highest BCUT2D eigenvalue weighted by Crippen LogP contribution is 2.39. The quantitative estimate of drug-likeness (QED) is 0.281. The van der Waals surface area contributed by atoms with Gasteiger partial charge in [-0.1, -0.05) is 42.2 Å². The van der Waals surface area contributed by atoms with Crippen LogP contribution in [-0.4, -0.2) is 56.3 Å². The molecule has 1 atom stereocenters. The van der Waals surface area contributed by atoms with Crippen LogP contribution in [0.1, 0.15) is 23.6 Å². The number of thioether (sulfide) groups is 1. The number of hydrogen-bond acceptors (Lipinski definition) is 7. The van der Waals surface area contributed by atoms with E-state index in [1.165, 1.54) is 4.90 Å². The predicted octanol–water partition coefficient (Wildman–Crippen LogP) is 4.26. The molecule has 1 fully saturated rings. The van der Waals surface area contributed by atoms with E-state index in [4.69, 9.17) is 26.6 Å². The summed E-state index contributed by atoms with van der Waals surface area (Å²) in [5.74, 6) is -0.0758. The van der Waals surface area contributed by atoms with Crippen LogP contribution in [0.25, 0.3) is 23.0 Å². The van der Waals surface area contributed by atoms with Crippen molar-refractivity contribution in [2.45, 2.75) is 26.4 Å². The number of thiocarbonyl (C=S) groups is 1. The van der Waals surface area contributed by atoms with Gasteiger partial charge in [-0.25, -0.2) is 4.68 Å². The van der Waals surface area contributed by atoms with Crippen LogP contribution in [0, 0.1) is 6.92 Å². The first kappa shape index (κ1) is 24.7. The molecule has 1 amide bonds. The van der Waals surface area contributed by atoms with Crippen molar-refractivity contribution < 1.29 is 22.5 Å². The molecule has 2 aliphatic heterocycles. The van der Waals surface area contributed by atoms with Crippen molar-refractivity contribution in [1.82, 2.24) is 14.7 Å². The third-order valence-electron chi connectivity index (χ3n) is 5.95. The zero-order chi connectivity index (χ0) is 25.6. The maximum Gasteiger partial charge on any atom is 0.266 e. The van der Waals surface area contributed by atoms with Gasteiger partial charge in [0.25, 0.3) is 16.0 Å². The fraction of sp³-hybridized carbons (Fsp3) is 0.240. The number of ether oxygens (including phenoxy) is 1. The van der Waals surface area contributed by atoms with E-state index in [1.54, 1.807) is 10.8 Å². The fourth-order valence-corrected chi connectivity index (χ4v) is 6.04. The molecule has 2 aliphatic rings. The van der Waals surface area contributed by atoms with E-state index in [2.05, 4.69) is 6.07 Å². The van der Waals surface area contributed by atoms with Crippen LogP contribution in [-0.2, 0) is 21.3 Å². The number of aryl methyl sites for hydroxylation is 1. The predicted molar refractivity (Wildman–Crippen MR) is 144 cm³/mol.